The maximum Gasteiger partial charge on any atom is 0.305 e. The first kappa shape index (κ1) is 16.0. The second-order valence-electron chi connectivity index (χ2n) is 4.07. The lowest BCUT2D eigenvalue weighted by Gasteiger charge is -2.13. The number of hydrogen-bond donors (Lipinski definition) is 1. The normalized spacial score (nSPS) is 12.0. The molecular formula is C14H20BrNO3. The Balaban J connectivity index is 2.59. The van der Waals surface area contributed by atoms with E-state index in [0.717, 1.165) is 15.8 Å². The summed E-state index contributed by atoms with van der Waals surface area (Å²) in [5, 5.41) is 0. The third-order valence-corrected chi connectivity index (χ3v) is 3.27. The van der Waals surface area contributed by atoms with Gasteiger partial charge in [-0.05, 0) is 53.9 Å². The average molecular weight is 330 g/mol. The van der Waals surface area contributed by atoms with Crippen molar-refractivity contribution in [3.05, 3.63) is 28.2 Å². The number of carbonyl (C=O) groups excluding carboxylic acids is 1. The van der Waals surface area contributed by atoms with E-state index in [0.29, 0.717) is 26.1 Å². The number of ether oxygens (including phenoxy) is 2. The quantitative estimate of drug-likeness (QED) is 0.780. The van der Waals surface area contributed by atoms with Crippen LogP contribution in [0.5, 0.6) is 5.75 Å². The van der Waals surface area contributed by atoms with E-state index in [-0.39, 0.29) is 12.0 Å². The van der Waals surface area contributed by atoms with Crippen molar-refractivity contribution < 1.29 is 14.3 Å². The summed E-state index contributed by atoms with van der Waals surface area (Å²) in [6, 6.07) is 5.55. The van der Waals surface area contributed by atoms with E-state index in [9.17, 15) is 4.79 Å². The molecule has 5 heteroatoms. The van der Waals surface area contributed by atoms with Crippen LogP contribution in [-0.2, 0) is 9.53 Å². The van der Waals surface area contributed by atoms with Gasteiger partial charge in [0.2, 0.25) is 0 Å². The Morgan fingerprint density at radius 2 is 2.11 bits per heavy atom. The predicted molar refractivity (Wildman–Crippen MR) is 78.1 cm³/mol. The summed E-state index contributed by atoms with van der Waals surface area (Å²) in [5.74, 6) is 0.590. The third-order valence-electron chi connectivity index (χ3n) is 2.65. The first-order valence-electron chi connectivity index (χ1n) is 6.41. The Kier molecular flexibility index (Phi) is 6.87. The minimum absolute atomic E-state index is 0.184. The van der Waals surface area contributed by atoms with Crippen LogP contribution in [0.1, 0.15) is 38.3 Å². The summed E-state index contributed by atoms with van der Waals surface area (Å²) < 4.78 is 11.2. The molecule has 1 rings (SSSR count). The molecule has 0 aromatic heterocycles. The average Bonchev–Trinajstić information content (AvgIpc) is 2.39. The Morgan fingerprint density at radius 3 is 2.68 bits per heavy atom. The molecule has 0 bridgehead atoms. The van der Waals surface area contributed by atoms with Gasteiger partial charge in [-0.3, -0.25) is 4.79 Å². The topological polar surface area (TPSA) is 61.5 Å². The van der Waals surface area contributed by atoms with E-state index in [1.54, 1.807) is 6.92 Å². The van der Waals surface area contributed by atoms with E-state index in [1.165, 1.54) is 0 Å². The fraction of sp³-hybridized carbons (Fsp3) is 0.500. The van der Waals surface area contributed by atoms with Gasteiger partial charge in [0, 0.05) is 12.5 Å². The van der Waals surface area contributed by atoms with Gasteiger partial charge in [0.05, 0.1) is 17.7 Å². The molecule has 0 spiro atoms. The molecule has 1 aromatic rings. The third kappa shape index (κ3) is 5.20. The van der Waals surface area contributed by atoms with Crippen LogP contribution in [0.4, 0.5) is 0 Å². The summed E-state index contributed by atoms with van der Waals surface area (Å²) in [6.45, 7) is 4.75. The fourth-order valence-electron chi connectivity index (χ4n) is 1.69. The zero-order valence-electron chi connectivity index (χ0n) is 11.3. The van der Waals surface area contributed by atoms with E-state index < -0.39 is 0 Å². The van der Waals surface area contributed by atoms with Crippen molar-refractivity contribution in [2.24, 2.45) is 5.73 Å². The van der Waals surface area contributed by atoms with Gasteiger partial charge in [0.1, 0.15) is 5.75 Å². The maximum absolute atomic E-state index is 11.3. The van der Waals surface area contributed by atoms with E-state index in [4.69, 9.17) is 15.2 Å². The van der Waals surface area contributed by atoms with Crippen LogP contribution in [0.2, 0.25) is 0 Å². The SMILES string of the molecule is CCOC(=O)CCC(N)c1ccc(OCC)c(Br)c1. The standard InChI is InChI=1S/C14H20BrNO3/c1-3-18-13-7-5-10(9-11(13)15)12(16)6-8-14(17)19-4-2/h5,7,9,12H,3-4,6,8,16H2,1-2H3. The molecule has 1 unspecified atom stereocenters. The van der Waals surface area contributed by atoms with E-state index >= 15 is 0 Å². The monoisotopic (exact) mass is 329 g/mol. The highest BCUT2D eigenvalue weighted by molar-refractivity contribution is 9.10. The highest BCUT2D eigenvalue weighted by atomic mass is 79.9. The number of esters is 1. The highest BCUT2D eigenvalue weighted by Gasteiger charge is 2.11. The summed E-state index contributed by atoms with van der Waals surface area (Å²) in [5.41, 5.74) is 7.03. The first-order valence-corrected chi connectivity index (χ1v) is 7.21. The molecule has 2 N–H and O–H groups in total. The van der Waals surface area contributed by atoms with Gasteiger partial charge in [0.25, 0.3) is 0 Å². The molecule has 0 radical (unpaired) electrons. The molecule has 0 aliphatic carbocycles. The number of carbonyl (C=O) groups is 1. The number of rotatable bonds is 7. The second-order valence-corrected chi connectivity index (χ2v) is 4.93. The molecule has 1 atom stereocenters. The Morgan fingerprint density at radius 1 is 1.37 bits per heavy atom. The van der Waals surface area contributed by atoms with Crippen LogP contribution >= 0.6 is 15.9 Å². The predicted octanol–water partition coefficient (Wildman–Crippen LogP) is 3.19. The fourth-order valence-corrected chi connectivity index (χ4v) is 2.20. The molecule has 19 heavy (non-hydrogen) atoms. The van der Waals surface area contributed by atoms with Crippen LogP contribution in [0.25, 0.3) is 0 Å². The van der Waals surface area contributed by atoms with Crippen molar-refractivity contribution in [3.8, 4) is 5.75 Å². The lowest BCUT2D eigenvalue weighted by molar-refractivity contribution is -0.143. The summed E-state index contributed by atoms with van der Waals surface area (Å²) in [6.07, 6.45) is 0.902. The van der Waals surface area contributed by atoms with Crippen molar-refractivity contribution in [3.63, 3.8) is 0 Å². The molecule has 0 saturated heterocycles. The minimum atomic E-state index is -0.206. The van der Waals surface area contributed by atoms with E-state index in [1.807, 2.05) is 25.1 Å². The molecular weight excluding hydrogens is 310 g/mol. The molecule has 0 amide bonds. The largest absolute Gasteiger partial charge is 0.493 e. The zero-order valence-corrected chi connectivity index (χ0v) is 12.9. The molecule has 4 nitrogen and oxygen atoms in total. The summed E-state index contributed by atoms with van der Waals surface area (Å²) >= 11 is 3.45. The lowest BCUT2D eigenvalue weighted by Crippen LogP contribution is -2.13. The summed E-state index contributed by atoms with van der Waals surface area (Å²) in [4.78, 5) is 11.3. The van der Waals surface area contributed by atoms with Crippen LogP contribution in [0, 0.1) is 0 Å². The Hall–Kier alpha value is -1.07. The van der Waals surface area contributed by atoms with Crippen molar-refractivity contribution in [2.75, 3.05) is 13.2 Å². The van der Waals surface area contributed by atoms with Crippen molar-refractivity contribution in [1.82, 2.24) is 0 Å². The zero-order chi connectivity index (χ0) is 14.3. The van der Waals surface area contributed by atoms with Crippen LogP contribution in [0.15, 0.2) is 22.7 Å². The van der Waals surface area contributed by atoms with Crippen LogP contribution in [0.3, 0.4) is 0 Å². The molecule has 0 aliphatic rings. The van der Waals surface area contributed by atoms with Crippen molar-refractivity contribution in [1.29, 1.82) is 0 Å². The molecule has 106 valence electrons. The van der Waals surface area contributed by atoms with Gasteiger partial charge in [-0.2, -0.15) is 0 Å². The van der Waals surface area contributed by atoms with Gasteiger partial charge >= 0.3 is 5.97 Å². The van der Waals surface area contributed by atoms with Gasteiger partial charge in [-0.25, -0.2) is 0 Å². The molecule has 0 saturated carbocycles. The molecule has 0 heterocycles. The highest BCUT2D eigenvalue weighted by Crippen LogP contribution is 2.29. The molecule has 0 aliphatic heterocycles. The molecule has 1 aromatic carbocycles. The summed E-state index contributed by atoms with van der Waals surface area (Å²) in [7, 11) is 0. The lowest BCUT2D eigenvalue weighted by atomic mass is 10.0. The second kappa shape index (κ2) is 8.17. The van der Waals surface area contributed by atoms with Crippen molar-refractivity contribution in [2.45, 2.75) is 32.7 Å². The van der Waals surface area contributed by atoms with E-state index in [2.05, 4.69) is 15.9 Å². The Bertz CT molecular complexity index is 423. The Labute approximate surface area is 122 Å². The van der Waals surface area contributed by atoms with Gasteiger partial charge in [-0.15, -0.1) is 0 Å². The van der Waals surface area contributed by atoms with Gasteiger partial charge < -0.3 is 15.2 Å². The smallest absolute Gasteiger partial charge is 0.305 e. The first-order chi connectivity index (χ1) is 9.08. The van der Waals surface area contributed by atoms with Gasteiger partial charge in [-0.1, -0.05) is 6.07 Å². The van der Waals surface area contributed by atoms with Crippen LogP contribution < -0.4 is 10.5 Å². The number of halogens is 1. The maximum atomic E-state index is 11.3. The minimum Gasteiger partial charge on any atom is -0.493 e. The number of hydrogen-bond acceptors (Lipinski definition) is 4. The number of benzene rings is 1. The van der Waals surface area contributed by atoms with Crippen LogP contribution in [-0.4, -0.2) is 19.2 Å². The van der Waals surface area contributed by atoms with Crippen molar-refractivity contribution >= 4 is 21.9 Å². The molecule has 0 fully saturated rings. The van der Waals surface area contributed by atoms with Gasteiger partial charge in [0.15, 0.2) is 0 Å². The number of nitrogens with two attached hydrogens (primary N) is 1.